The minimum absolute atomic E-state index is 0.461. The molecule has 1 saturated carbocycles. The van der Waals surface area contributed by atoms with Crippen LogP contribution in [0.25, 0.3) is 0 Å². The summed E-state index contributed by atoms with van der Waals surface area (Å²) < 4.78 is 39.3. The smallest absolute Gasteiger partial charge is 0.490 e. The molecule has 1 fully saturated rings. The van der Waals surface area contributed by atoms with Crippen molar-refractivity contribution in [3.05, 3.63) is 82.9 Å². The second-order valence-electron chi connectivity index (χ2n) is 10.3. The van der Waals surface area contributed by atoms with Crippen molar-refractivity contribution in [1.29, 1.82) is 0 Å². The molecule has 10 nitrogen and oxygen atoms in total. The second kappa shape index (κ2) is 13.8. The normalized spacial score (nSPS) is 17.9. The number of nitrogens with one attached hydrogen (secondary N) is 2. The number of imidazole rings is 1. The predicted octanol–water partition coefficient (Wildman–Crippen LogP) is 3.74. The Morgan fingerprint density at radius 1 is 1.10 bits per heavy atom. The number of hydroxylamine groups is 1. The van der Waals surface area contributed by atoms with Crippen molar-refractivity contribution in [3.63, 3.8) is 0 Å². The van der Waals surface area contributed by atoms with Crippen molar-refractivity contribution in [2.75, 3.05) is 20.2 Å². The number of hydrogen-bond donors (Lipinski definition) is 4. The molecule has 0 radical (unpaired) electrons. The van der Waals surface area contributed by atoms with Crippen molar-refractivity contribution >= 4 is 11.9 Å². The third kappa shape index (κ3) is 8.54. The zero-order valence-electron chi connectivity index (χ0n) is 23.1. The molecule has 0 bridgehead atoms. The number of benzene rings is 2. The zero-order chi connectivity index (χ0) is 30.3. The summed E-state index contributed by atoms with van der Waals surface area (Å²) in [5.41, 5.74) is 5.81. The van der Waals surface area contributed by atoms with Crippen molar-refractivity contribution in [3.8, 4) is 5.75 Å². The number of carboxylic acids is 1. The van der Waals surface area contributed by atoms with Crippen LogP contribution in [0, 0.1) is 0 Å². The first kappa shape index (κ1) is 31.0. The molecule has 2 aliphatic rings. The maximum absolute atomic E-state index is 11.4. The van der Waals surface area contributed by atoms with Crippen LogP contribution in [0.1, 0.15) is 51.8 Å². The number of aryl methyl sites for hydroxylation is 1. The fraction of sp³-hybridized carbons (Fsp3) is 0.414. The quantitative estimate of drug-likeness (QED) is 0.208. The Morgan fingerprint density at radius 3 is 2.40 bits per heavy atom. The largest absolute Gasteiger partial charge is 0.497 e. The Balaban J connectivity index is 0.000000517. The first-order valence-corrected chi connectivity index (χ1v) is 13.6. The molecule has 4 N–H and O–H groups in total. The third-order valence-electron chi connectivity index (χ3n) is 7.31. The Kier molecular flexibility index (Phi) is 10.2. The molecule has 0 saturated heterocycles. The summed E-state index contributed by atoms with van der Waals surface area (Å²) >= 11 is 0. The zero-order valence-corrected chi connectivity index (χ0v) is 23.1. The number of alkyl halides is 3. The molecule has 13 heteroatoms. The van der Waals surface area contributed by atoms with Gasteiger partial charge in [0, 0.05) is 43.4 Å². The molecule has 1 aliphatic carbocycles. The molecule has 3 aromatic rings. The van der Waals surface area contributed by atoms with Gasteiger partial charge in [-0.25, -0.2) is 15.3 Å². The Hall–Kier alpha value is -3.94. The molecule has 42 heavy (non-hydrogen) atoms. The van der Waals surface area contributed by atoms with Crippen LogP contribution in [-0.4, -0.2) is 69.1 Å². The van der Waals surface area contributed by atoms with Gasteiger partial charge in [-0.05, 0) is 61.2 Å². The number of methoxy groups -OCH3 is 1. The first-order chi connectivity index (χ1) is 20.1. The van der Waals surface area contributed by atoms with E-state index in [-0.39, 0.29) is 0 Å². The molecule has 2 aromatic carbocycles. The van der Waals surface area contributed by atoms with Gasteiger partial charge in [-0.1, -0.05) is 24.3 Å². The van der Waals surface area contributed by atoms with Crippen molar-refractivity contribution in [2.24, 2.45) is 0 Å². The fourth-order valence-electron chi connectivity index (χ4n) is 4.91. The molecule has 2 atom stereocenters. The average molecular weight is 590 g/mol. The minimum atomic E-state index is -5.08. The molecule has 1 amide bonds. The highest BCUT2D eigenvalue weighted by atomic mass is 19.4. The van der Waals surface area contributed by atoms with Crippen LogP contribution in [0.4, 0.5) is 13.2 Å². The number of nitrogens with zero attached hydrogens (tertiary/aromatic N) is 3. The van der Waals surface area contributed by atoms with E-state index in [9.17, 15) is 18.0 Å². The maximum Gasteiger partial charge on any atom is 0.490 e. The number of amides is 1. The highest BCUT2D eigenvalue weighted by Gasteiger charge is 2.38. The molecule has 1 aromatic heterocycles. The van der Waals surface area contributed by atoms with Gasteiger partial charge in [0.05, 0.1) is 19.3 Å². The first-order valence-electron chi connectivity index (χ1n) is 13.6. The summed E-state index contributed by atoms with van der Waals surface area (Å²) in [5.74, 6) is -0.608. The van der Waals surface area contributed by atoms with Crippen molar-refractivity contribution < 1.29 is 37.8 Å². The van der Waals surface area contributed by atoms with Crippen LogP contribution in [-0.2, 0) is 30.8 Å². The Labute approximate surface area is 241 Å². The summed E-state index contributed by atoms with van der Waals surface area (Å²) in [6.45, 7) is 4.72. The van der Waals surface area contributed by atoms with Crippen molar-refractivity contribution in [1.82, 2.24) is 25.2 Å². The number of rotatable bonds is 10. The SMILES string of the molecule is COc1ccc(C2CC2NCc2cn3c(n2)CN(CCCc2ccc(C(=O)NO)cc2)CC3)cc1.O=C(O)C(F)(F)F. The summed E-state index contributed by atoms with van der Waals surface area (Å²) in [7, 11) is 1.70. The highest BCUT2D eigenvalue weighted by molar-refractivity contribution is 5.93. The maximum atomic E-state index is 11.4. The molecule has 5 rings (SSSR count). The monoisotopic (exact) mass is 589 g/mol. The van der Waals surface area contributed by atoms with Crippen LogP contribution in [0.3, 0.4) is 0 Å². The number of carbonyl (C=O) groups is 2. The van der Waals surface area contributed by atoms with Gasteiger partial charge in [-0.2, -0.15) is 13.2 Å². The highest BCUT2D eigenvalue weighted by Crippen LogP contribution is 2.41. The molecule has 2 unspecified atom stereocenters. The number of fused-ring (bicyclic) bond motifs is 1. The molecule has 1 aliphatic heterocycles. The average Bonchev–Trinajstić information content (AvgIpc) is 3.65. The number of carbonyl (C=O) groups excluding carboxylic acids is 1. The van der Waals surface area contributed by atoms with Crippen LogP contribution in [0.5, 0.6) is 5.75 Å². The second-order valence-corrected chi connectivity index (χ2v) is 10.3. The van der Waals surface area contributed by atoms with Gasteiger partial charge < -0.3 is 19.7 Å². The summed E-state index contributed by atoms with van der Waals surface area (Å²) in [6.07, 6.45) is 0.298. The molecule has 2 heterocycles. The lowest BCUT2D eigenvalue weighted by Crippen LogP contribution is -2.34. The van der Waals surface area contributed by atoms with E-state index in [1.54, 1.807) is 24.7 Å². The van der Waals surface area contributed by atoms with Gasteiger partial charge in [-0.3, -0.25) is 14.9 Å². The van der Waals surface area contributed by atoms with E-state index >= 15 is 0 Å². The van der Waals surface area contributed by atoms with Gasteiger partial charge >= 0.3 is 12.1 Å². The molecule has 226 valence electrons. The summed E-state index contributed by atoms with van der Waals surface area (Å²) in [4.78, 5) is 27.7. The number of carboxylic acid groups (broad SMARTS) is 1. The molecule has 0 spiro atoms. The number of halogens is 3. The fourth-order valence-corrected chi connectivity index (χ4v) is 4.91. The van der Waals surface area contributed by atoms with Gasteiger partial charge in [0.2, 0.25) is 0 Å². The molecular formula is C29H34F3N5O5. The van der Waals surface area contributed by atoms with Gasteiger partial charge in [0.25, 0.3) is 5.91 Å². The lowest BCUT2D eigenvalue weighted by molar-refractivity contribution is -0.192. The topological polar surface area (TPSA) is 129 Å². The summed E-state index contributed by atoms with van der Waals surface area (Å²) in [5, 5.41) is 19.5. The van der Waals surface area contributed by atoms with E-state index in [0.29, 0.717) is 17.5 Å². The Bertz CT molecular complexity index is 1350. The van der Waals surface area contributed by atoms with Gasteiger partial charge in [-0.15, -0.1) is 0 Å². The van der Waals surface area contributed by atoms with E-state index in [0.717, 1.165) is 62.8 Å². The lowest BCUT2D eigenvalue weighted by atomic mass is 10.1. The Morgan fingerprint density at radius 2 is 1.79 bits per heavy atom. The van der Waals surface area contributed by atoms with E-state index < -0.39 is 18.1 Å². The van der Waals surface area contributed by atoms with Crippen LogP contribution < -0.4 is 15.5 Å². The van der Waals surface area contributed by atoms with Crippen molar-refractivity contribution in [2.45, 2.75) is 57.0 Å². The molecular weight excluding hydrogens is 555 g/mol. The van der Waals surface area contributed by atoms with E-state index in [4.69, 9.17) is 24.8 Å². The van der Waals surface area contributed by atoms with E-state index in [1.165, 1.54) is 17.5 Å². The van der Waals surface area contributed by atoms with Crippen LogP contribution in [0.15, 0.2) is 54.7 Å². The van der Waals surface area contributed by atoms with Crippen LogP contribution >= 0.6 is 0 Å². The predicted molar refractivity (Wildman–Crippen MR) is 146 cm³/mol. The number of aliphatic carboxylic acids is 1. The number of hydrogen-bond acceptors (Lipinski definition) is 7. The van der Waals surface area contributed by atoms with Crippen LogP contribution in [0.2, 0.25) is 0 Å². The number of ether oxygens (including phenoxy) is 1. The number of aromatic nitrogens is 2. The van der Waals surface area contributed by atoms with E-state index in [1.807, 2.05) is 24.3 Å². The third-order valence-corrected chi connectivity index (χ3v) is 7.31. The minimum Gasteiger partial charge on any atom is -0.497 e. The standard InChI is InChI=1S/C27H33N5O3.C2HF3O2/c1-35-23-10-8-20(9-11-23)24-15-25(24)28-16-22-17-32-14-13-31(18-26(32)29-22)12-2-3-19-4-6-21(7-5-19)27(33)30-34;3-2(4,5)1(6)7/h4-11,17,24-25,28,34H,2-3,12-16,18H2,1H3,(H,30,33);(H,6,7). The lowest BCUT2D eigenvalue weighted by Gasteiger charge is -2.27. The van der Waals surface area contributed by atoms with E-state index in [2.05, 4.69) is 33.1 Å². The summed E-state index contributed by atoms with van der Waals surface area (Å²) in [6, 6.07) is 16.3. The van der Waals surface area contributed by atoms with Gasteiger partial charge in [0.15, 0.2) is 0 Å². The van der Waals surface area contributed by atoms with Gasteiger partial charge in [0.1, 0.15) is 11.6 Å².